The number of amides is 1. The van der Waals surface area contributed by atoms with Gasteiger partial charge in [-0.15, -0.1) is 0 Å². The van der Waals surface area contributed by atoms with Crippen LogP contribution in [-0.4, -0.2) is 36.4 Å². The predicted octanol–water partition coefficient (Wildman–Crippen LogP) is 2.38. The first-order valence-electron chi connectivity index (χ1n) is 8.59. The number of aliphatic imine (C=N–C) groups is 1. The van der Waals surface area contributed by atoms with E-state index in [2.05, 4.69) is 15.6 Å². The minimum Gasteiger partial charge on any atom is -0.467 e. The Morgan fingerprint density at radius 3 is 2.56 bits per heavy atom. The monoisotopic (exact) mass is 342 g/mol. The molecule has 0 atom stereocenters. The van der Waals surface area contributed by atoms with Crippen molar-refractivity contribution in [1.82, 2.24) is 15.5 Å². The molecule has 2 aromatic rings. The normalized spacial score (nSPS) is 11.2. The van der Waals surface area contributed by atoms with Gasteiger partial charge in [-0.05, 0) is 31.5 Å². The number of nitrogens with one attached hydrogen (secondary N) is 2. The second-order valence-corrected chi connectivity index (χ2v) is 5.52. The fourth-order valence-corrected chi connectivity index (χ4v) is 2.35. The molecular formula is C19H26N4O2. The Balaban J connectivity index is 1.91. The number of carbonyl (C=O) groups excluding carboxylic acids is 1. The molecule has 0 spiro atoms. The van der Waals surface area contributed by atoms with Gasteiger partial charge in [-0.2, -0.15) is 0 Å². The van der Waals surface area contributed by atoms with Gasteiger partial charge in [0.15, 0.2) is 5.96 Å². The van der Waals surface area contributed by atoms with E-state index in [0.717, 1.165) is 17.9 Å². The lowest BCUT2D eigenvalue weighted by Crippen LogP contribution is -2.38. The van der Waals surface area contributed by atoms with E-state index in [-0.39, 0.29) is 12.5 Å². The summed E-state index contributed by atoms with van der Waals surface area (Å²) in [5.41, 5.74) is 1.12. The van der Waals surface area contributed by atoms with E-state index < -0.39 is 0 Å². The fourth-order valence-electron chi connectivity index (χ4n) is 2.35. The van der Waals surface area contributed by atoms with Gasteiger partial charge >= 0.3 is 0 Å². The Kier molecular flexibility index (Phi) is 7.56. The van der Waals surface area contributed by atoms with Crippen LogP contribution in [0, 0.1) is 0 Å². The Bertz CT molecular complexity index is 653. The quantitative estimate of drug-likeness (QED) is 0.571. The zero-order chi connectivity index (χ0) is 17.9. The van der Waals surface area contributed by atoms with Crippen LogP contribution in [0.2, 0.25) is 0 Å². The second-order valence-electron chi connectivity index (χ2n) is 5.52. The maximum atomic E-state index is 12.5. The van der Waals surface area contributed by atoms with Gasteiger partial charge in [0.1, 0.15) is 12.3 Å². The average Bonchev–Trinajstić information content (AvgIpc) is 3.16. The summed E-state index contributed by atoms with van der Waals surface area (Å²) >= 11 is 0. The first kappa shape index (κ1) is 18.6. The molecule has 2 N–H and O–H groups in total. The second kappa shape index (κ2) is 10.2. The topological polar surface area (TPSA) is 69.9 Å². The number of guanidine groups is 1. The van der Waals surface area contributed by atoms with E-state index in [1.165, 1.54) is 0 Å². The van der Waals surface area contributed by atoms with Crippen molar-refractivity contribution >= 4 is 11.9 Å². The molecule has 1 aromatic carbocycles. The van der Waals surface area contributed by atoms with Crippen molar-refractivity contribution < 1.29 is 9.21 Å². The molecule has 1 aromatic heterocycles. The fraction of sp³-hybridized carbons (Fsp3) is 0.368. The summed E-state index contributed by atoms with van der Waals surface area (Å²) in [6.45, 7) is 6.56. The Labute approximate surface area is 148 Å². The molecule has 0 unspecified atom stereocenters. The average molecular weight is 342 g/mol. The first-order chi connectivity index (χ1) is 12.2. The highest BCUT2D eigenvalue weighted by Gasteiger charge is 2.12. The van der Waals surface area contributed by atoms with Crippen molar-refractivity contribution in [3.63, 3.8) is 0 Å². The smallest absolute Gasteiger partial charge is 0.244 e. The van der Waals surface area contributed by atoms with E-state index in [0.29, 0.717) is 25.6 Å². The van der Waals surface area contributed by atoms with Crippen molar-refractivity contribution in [1.29, 1.82) is 0 Å². The predicted molar refractivity (Wildman–Crippen MR) is 99.1 cm³/mol. The molecule has 0 saturated heterocycles. The molecular weight excluding hydrogens is 316 g/mol. The van der Waals surface area contributed by atoms with Gasteiger partial charge in [0.05, 0.1) is 12.8 Å². The van der Waals surface area contributed by atoms with Crippen LogP contribution in [-0.2, 0) is 17.9 Å². The highest BCUT2D eigenvalue weighted by molar-refractivity contribution is 5.84. The number of likely N-dealkylation sites (N-methyl/N-ethyl adjacent to an activating group) is 1. The number of furan rings is 1. The number of nitrogens with zero attached hydrogens (tertiary/aromatic N) is 2. The van der Waals surface area contributed by atoms with Crippen LogP contribution in [0.15, 0.2) is 58.1 Å². The van der Waals surface area contributed by atoms with Gasteiger partial charge in [0.25, 0.3) is 0 Å². The van der Waals surface area contributed by atoms with Gasteiger partial charge in [-0.25, -0.2) is 4.99 Å². The molecule has 0 aliphatic carbocycles. The molecule has 2 rings (SSSR count). The van der Waals surface area contributed by atoms with Crippen LogP contribution in [0.1, 0.15) is 25.2 Å². The number of rotatable bonds is 8. The lowest BCUT2D eigenvalue weighted by Gasteiger charge is -2.20. The SMILES string of the molecule is CCNC(=NCC(=O)N(CC)Cc1ccccc1)NCc1ccco1. The third kappa shape index (κ3) is 6.33. The summed E-state index contributed by atoms with van der Waals surface area (Å²) in [6, 6.07) is 13.7. The van der Waals surface area contributed by atoms with Crippen molar-refractivity contribution in [2.45, 2.75) is 26.9 Å². The summed E-state index contributed by atoms with van der Waals surface area (Å²) in [4.78, 5) is 18.7. The Morgan fingerprint density at radius 1 is 1.12 bits per heavy atom. The minimum atomic E-state index is 0.00144. The lowest BCUT2D eigenvalue weighted by atomic mass is 10.2. The van der Waals surface area contributed by atoms with Crippen molar-refractivity contribution in [2.24, 2.45) is 4.99 Å². The molecule has 1 amide bonds. The molecule has 6 nitrogen and oxygen atoms in total. The maximum Gasteiger partial charge on any atom is 0.244 e. The van der Waals surface area contributed by atoms with Crippen molar-refractivity contribution in [3.05, 3.63) is 60.1 Å². The van der Waals surface area contributed by atoms with Crippen LogP contribution in [0.25, 0.3) is 0 Å². The molecule has 0 saturated carbocycles. The third-order valence-corrected chi connectivity index (χ3v) is 3.68. The number of hydrogen-bond acceptors (Lipinski definition) is 3. The summed E-state index contributed by atoms with van der Waals surface area (Å²) in [5.74, 6) is 1.42. The summed E-state index contributed by atoms with van der Waals surface area (Å²) in [6.07, 6.45) is 1.63. The van der Waals surface area contributed by atoms with Crippen LogP contribution in [0.3, 0.4) is 0 Å². The summed E-state index contributed by atoms with van der Waals surface area (Å²) < 4.78 is 5.29. The molecule has 1 heterocycles. The van der Waals surface area contributed by atoms with Crippen LogP contribution in [0.4, 0.5) is 0 Å². The van der Waals surface area contributed by atoms with Crippen LogP contribution < -0.4 is 10.6 Å². The van der Waals surface area contributed by atoms with Gasteiger partial charge in [0.2, 0.25) is 5.91 Å². The van der Waals surface area contributed by atoms with E-state index in [4.69, 9.17) is 4.42 Å². The van der Waals surface area contributed by atoms with Gasteiger partial charge in [0, 0.05) is 19.6 Å². The minimum absolute atomic E-state index is 0.00144. The summed E-state index contributed by atoms with van der Waals surface area (Å²) in [5, 5.41) is 6.29. The zero-order valence-electron chi connectivity index (χ0n) is 14.9. The Hall–Kier alpha value is -2.76. The maximum absolute atomic E-state index is 12.5. The number of benzene rings is 1. The molecule has 134 valence electrons. The largest absolute Gasteiger partial charge is 0.467 e. The van der Waals surface area contributed by atoms with Gasteiger partial charge < -0.3 is 20.0 Å². The van der Waals surface area contributed by atoms with E-state index in [9.17, 15) is 4.79 Å². The Morgan fingerprint density at radius 2 is 1.92 bits per heavy atom. The first-order valence-corrected chi connectivity index (χ1v) is 8.59. The number of hydrogen-bond donors (Lipinski definition) is 2. The highest BCUT2D eigenvalue weighted by Crippen LogP contribution is 2.04. The third-order valence-electron chi connectivity index (χ3n) is 3.68. The van der Waals surface area contributed by atoms with Crippen molar-refractivity contribution in [3.8, 4) is 0 Å². The van der Waals surface area contributed by atoms with E-state index in [1.54, 1.807) is 11.2 Å². The molecule has 0 fully saturated rings. The molecule has 6 heteroatoms. The van der Waals surface area contributed by atoms with E-state index >= 15 is 0 Å². The molecule has 0 bridgehead atoms. The van der Waals surface area contributed by atoms with Gasteiger partial charge in [-0.3, -0.25) is 4.79 Å². The standard InChI is InChI=1S/C19H26N4O2/c1-3-20-19(21-13-17-11-8-12-25-17)22-14-18(24)23(4-2)15-16-9-6-5-7-10-16/h5-12H,3-4,13-15H2,1-2H3,(H2,20,21,22). The number of carbonyl (C=O) groups is 1. The molecule has 25 heavy (non-hydrogen) atoms. The summed E-state index contributed by atoms with van der Waals surface area (Å²) in [7, 11) is 0. The molecule has 0 aliphatic heterocycles. The van der Waals surface area contributed by atoms with Crippen molar-refractivity contribution in [2.75, 3.05) is 19.6 Å². The zero-order valence-corrected chi connectivity index (χ0v) is 14.9. The molecule has 0 radical (unpaired) electrons. The van der Waals surface area contributed by atoms with Gasteiger partial charge in [-0.1, -0.05) is 30.3 Å². The molecule has 0 aliphatic rings. The van der Waals surface area contributed by atoms with E-state index in [1.807, 2.05) is 56.3 Å². The lowest BCUT2D eigenvalue weighted by molar-refractivity contribution is -0.130. The highest BCUT2D eigenvalue weighted by atomic mass is 16.3. The van der Waals surface area contributed by atoms with Crippen LogP contribution in [0.5, 0.6) is 0 Å². The van der Waals surface area contributed by atoms with Crippen LogP contribution >= 0.6 is 0 Å².